The van der Waals surface area contributed by atoms with Crippen molar-refractivity contribution in [2.45, 2.75) is 58.7 Å². The quantitative estimate of drug-likeness (QED) is 0.836. The summed E-state index contributed by atoms with van der Waals surface area (Å²) in [6, 6.07) is 0.0463. The first-order chi connectivity index (χ1) is 9.51. The van der Waals surface area contributed by atoms with E-state index >= 15 is 0 Å². The summed E-state index contributed by atoms with van der Waals surface area (Å²) in [6.45, 7) is 9.87. The van der Waals surface area contributed by atoms with Crippen LogP contribution in [-0.4, -0.2) is 54.6 Å². The SMILES string of the molecule is CCC1NC(CC(C)C)N(CC2CCN(C)CC2)C1=O. The van der Waals surface area contributed by atoms with Crippen LogP contribution in [0.15, 0.2) is 0 Å². The molecule has 1 amide bonds. The molecule has 0 aliphatic carbocycles. The van der Waals surface area contributed by atoms with Gasteiger partial charge in [-0.2, -0.15) is 0 Å². The number of piperidine rings is 1. The Bertz CT molecular complexity index is 324. The van der Waals surface area contributed by atoms with Crippen molar-refractivity contribution < 1.29 is 4.79 Å². The molecule has 0 saturated carbocycles. The molecular formula is C16H31N3O. The summed E-state index contributed by atoms with van der Waals surface area (Å²) in [5.41, 5.74) is 0. The zero-order chi connectivity index (χ0) is 14.7. The van der Waals surface area contributed by atoms with E-state index in [1.807, 2.05) is 0 Å². The molecule has 116 valence electrons. The highest BCUT2D eigenvalue weighted by Crippen LogP contribution is 2.24. The number of carbonyl (C=O) groups is 1. The van der Waals surface area contributed by atoms with Gasteiger partial charge in [0.2, 0.25) is 5.91 Å². The van der Waals surface area contributed by atoms with Crippen LogP contribution < -0.4 is 5.32 Å². The number of carbonyl (C=O) groups excluding carboxylic acids is 1. The number of hydrogen-bond acceptors (Lipinski definition) is 3. The summed E-state index contributed by atoms with van der Waals surface area (Å²) in [4.78, 5) is 17.1. The number of amides is 1. The van der Waals surface area contributed by atoms with E-state index < -0.39 is 0 Å². The average Bonchev–Trinajstić information content (AvgIpc) is 2.69. The molecule has 2 rings (SSSR count). The smallest absolute Gasteiger partial charge is 0.241 e. The van der Waals surface area contributed by atoms with Crippen molar-refractivity contribution in [3.8, 4) is 0 Å². The molecule has 0 spiro atoms. The third kappa shape index (κ3) is 3.73. The molecule has 2 atom stereocenters. The Balaban J connectivity index is 1.96. The molecule has 2 heterocycles. The van der Waals surface area contributed by atoms with Gasteiger partial charge in [-0.3, -0.25) is 10.1 Å². The minimum absolute atomic E-state index is 0.0463. The van der Waals surface area contributed by atoms with Gasteiger partial charge in [-0.25, -0.2) is 0 Å². The molecule has 4 nitrogen and oxygen atoms in total. The number of nitrogens with one attached hydrogen (secondary N) is 1. The highest BCUT2D eigenvalue weighted by atomic mass is 16.2. The maximum absolute atomic E-state index is 12.5. The van der Waals surface area contributed by atoms with Crippen LogP contribution in [0.4, 0.5) is 0 Å². The second-order valence-corrected chi connectivity index (χ2v) is 7.01. The molecule has 1 N–H and O–H groups in total. The Hall–Kier alpha value is -0.610. The van der Waals surface area contributed by atoms with Crippen LogP contribution in [0, 0.1) is 11.8 Å². The van der Waals surface area contributed by atoms with Crippen LogP contribution >= 0.6 is 0 Å². The first kappa shape index (κ1) is 15.8. The van der Waals surface area contributed by atoms with Gasteiger partial charge in [-0.05, 0) is 57.7 Å². The summed E-state index contributed by atoms with van der Waals surface area (Å²) in [6.07, 6.45) is 4.68. The Morgan fingerprint density at radius 2 is 1.95 bits per heavy atom. The van der Waals surface area contributed by atoms with Gasteiger partial charge in [-0.15, -0.1) is 0 Å². The lowest BCUT2D eigenvalue weighted by molar-refractivity contribution is -0.131. The molecule has 2 aliphatic heterocycles. The standard InChI is InChI=1S/C16H31N3O/c1-5-14-16(20)19(15(17-14)10-12(2)3)11-13-6-8-18(4)9-7-13/h12-15,17H,5-11H2,1-4H3. The Kier molecular flexibility index (Phi) is 5.44. The van der Waals surface area contributed by atoms with E-state index in [0.717, 1.165) is 19.4 Å². The normalized spacial score (nSPS) is 29.6. The van der Waals surface area contributed by atoms with E-state index in [1.54, 1.807) is 0 Å². The minimum Gasteiger partial charge on any atom is -0.326 e. The Morgan fingerprint density at radius 1 is 1.30 bits per heavy atom. The topological polar surface area (TPSA) is 35.6 Å². The average molecular weight is 281 g/mol. The van der Waals surface area contributed by atoms with Gasteiger partial charge >= 0.3 is 0 Å². The van der Waals surface area contributed by atoms with Crippen LogP contribution in [-0.2, 0) is 4.79 Å². The third-order valence-electron chi connectivity index (χ3n) is 4.75. The lowest BCUT2D eigenvalue weighted by Crippen LogP contribution is -2.43. The third-order valence-corrected chi connectivity index (χ3v) is 4.75. The van der Waals surface area contributed by atoms with Gasteiger partial charge in [0.1, 0.15) is 0 Å². The number of nitrogens with zero attached hydrogens (tertiary/aromatic N) is 2. The van der Waals surface area contributed by atoms with Gasteiger partial charge < -0.3 is 9.80 Å². The molecule has 4 heteroatoms. The van der Waals surface area contributed by atoms with Crippen LogP contribution in [0.2, 0.25) is 0 Å². The maximum Gasteiger partial charge on any atom is 0.241 e. The fourth-order valence-electron chi connectivity index (χ4n) is 3.42. The molecule has 20 heavy (non-hydrogen) atoms. The molecule has 2 aliphatic rings. The van der Waals surface area contributed by atoms with Crippen molar-refractivity contribution in [1.82, 2.24) is 15.1 Å². The molecule has 0 aromatic carbocycles. The van der Waals surface area contributed by atoms with Gasteiger partial charge in [0.05, 0.1) is 12.2 Å². The minimum atomic E-state index is 0.0463. The van der Waals surface area contributed by atoms with Crippen molar-refractivity contribution in [3.05, 3.63) is 0 Å². The fourth-order valence-corrected chi connectivity index (χ4v) is 3.42. The van der Waals surface area contributed by atoms with Crippen LogP contribution in [0.3, 0.4) is 0 Å². The molecule has 2 fully saturated rings. The molecule has 0 bridgehead atoms. The summed E-state index contributed by atoms with van der Waals surface area (Å²) < 4.78 is 0. The van der Waals surface area contributed by atoms with E-state index in [2.05, 4.69) is 42.9 Å². The molecule has 0 aromatic heterocycles. The summed E-state index contributed by atoms with van der Waals surface area (Å²) >= 11 is 0. The Morgan fingerprint density at radius 3 is 2.50 bits per heavy atom. The molecule has 2 unspecified atom stereocenters. The van der Waals surface area contributed by atoms with Crippen molar-refractivity contribution >= 4 is 5.91 Å². The zero-order valence-electron chi connectivity index (χ0n) is 13.6. The number of likely N-dealkylation sites (tertiary alicyclic amines) is 1. The van der Waals surface area contributed by atoms with Crippen molar-refractivity contribution in [2.24, 2.45) is 11.8 Å². The lowest BCUT2D eigenvalue weighted by atomic mass is 9.96. The van der Waals surface area contributed by atoms with E-state index in [9.17, 15) is 4.79 Å². The Labute approximate surface area is 123 Å². The maximum atomic E-state index is 12.5. The predicted molar refractivity (Wildman–Crippen MR) is 82.4 cm³/mol. The van der Waals surface area contributed by atoms with E-state index in [-0.39, 0.29) is 12.2 Å². The van der Waals surface area contributed by atoms with Crippen molar-refractivity contribution in [3.63, 3.8) is 0 Å². The predicted octanol–water partition coefficient (Wildman–Crippen LogP) is 1.91. The monoisotopic (exact) mass is 281 g/mol. The fraction of sp³-hybridized carbons (Fsp3) is 0.938. The first-order valence-electron chi connectivity index (χ1n) is 8.26. The van der Waals surface area contributed by atoms with Crippen LogP contribution in [0.5, 0.6) is 0 Å². The van der Waals surface area contributed by atoms with Crippen LogP contribution in [0.25, 0.3) is 0 Å². The first-order valence-corrected chi connectivity index (χ1v) is 8.26. The zero-order valence-corrected chi connectivity index (χ0v) is 13.6. The van der Waals surface area contributed by atoms with Crippen molar-refractivity contribution in [1.29, 1.82) is 0 Å². The summed E-state index contributed by atoms with van der Waals surface area (Å²) in [5.74, 6) is 1.63. The number of hydrogen-bond donors (Lipinski definition) is 1. The highest BCUT2D eigenvalue weighted by Gasteiger charge is 2.38. The van der Waals surface area contributed by atoms with E-state index in [4.69, 9.17) is 0 Å². The molecule has 2 saturated heterocycles. The molecule has 0 aromatic rings. The summed E-state index contributed by atoms with van der Waals surface area (Å²) in [5, 5.41) is 3.54. The van der Waals surface area contributed by atoms with E-state index in [1.165, 1.54) is 25.9 Å². The van der Waals surface area contributed by atoms with Crippen LogP contribution in [0.1, 0.15) is 46.5 Å². The van der Waals surface area contributed by atoms with Gasteiger partial charge in [-0.1, -0.05) is 20.8 Å². The molecular weight excluding hydrogens is 250 g/mol. The highest BCUT2D eigenvalue weighted by molar-refractivity contribution is 5.84. The second-order valence-electron chi connectivity index (χ2n) is 7.01. The summed E-state index contributed by atoms with van der Waals surface area (Å²) in [7, 11) is 2.19. The van der Waals surface area contributed by atoms with Gasteiger partial charge in [0.25, 0.3) is 0 Å². The second kappa shape index (κ2) is 6.90. The van der Waals surface area contributed by atoms with Gasteiger partial charge in [0.15, 0.2) is 0 Å². The van der Waals surface area contributed by atoms with Crippen molar-refractivity contribution in [2.75, 3.05) is 26.7 Å². The molecule has 0 radical (unpaired) electrons. The largest absolute Gasteiger partial charge is 0.326 e. The van der Waals surface area contributed by atoms with E-state index in [0.29, 0.717) is 17.7 Å². The number of rotatable bonds is 5. The lowest BCUT2D eigenvalue weighted by Gasteiger charge is -2.34. The van der Waals surface area contributed by atoms with Gasteiger partial charge in [0, 0.05) is 6.54 Å².